The van der Waals surface area contributed by atoms with Gasteiger partial charge in [0.05, 0.1) is 0 Å². The zero-order valence-electron chi connectivity index (χ0n) is 8.53. The quantitative estimate of drug-likeness (QED) is 0.751. The largest absolute Gasteiger partial charge is 0.327 e. The number of hydrogen-bond donors (Lipinski definition) is 1. The topological polar surface area (TPSA) is 26.0 Å². The van der Waals surface area contributed by atoms with Gasteiger partial charge in [0.2, 0.25) is 0 Å². The van der Waals surface area contributed by atoms with Gasteiger partial charge in [-0.15, -0.1) is 0 Å². The molecule has 1 rings (SSSR count). The molecule has 13 heavy (non-hydrogen) atoms. The number of benzene rings is 1. The maximum absolute atomic E-state index is 5.96. The summed E-state index contributed by atoms with van der Waals surface area (Å²) in [6, 6.07) is 10.9. The third-order valence-corrected chi connectivity index (χ3v) is 2.47. The van der Waals surface area contributed by atoms with Crippen molar-refractivity contribution in [3.05, 3.63) is 35.9 Å². The third-order valence-electron chi connectivity index (χ3n) is 2.47. The zero-order valence-corrected chi connectivity index (χ0v) is 8.53. The molecule has 1 aromatic carbocycles. The molecule has 0 aliphatic rings. The summed E-state index contributed by atoms with van der Waals surface area (Å²) in [4.78, 5) is 0. The van der Waals surface area contributed by atoms with Crippen molar-refractivity contribution in [2.75, 3.05) is 0 Å². The number of hydrogen-bond acceptors (Lipinski definition) is 1. The Morgan fingerprint density at radius 3 is 2.31 bits per heavy atom. The normalized spacial score (nSPS) is 13.2. The number of nitrogens with two attached hydrogens (primary N) is 1. The molecule has 0 amide bonds. The lowest BCUT2D eigenvalue weighted by Crippen LogP contribution is -2.26. The molecule has 1 atom stereocenters. The third kappa shape index (κ3) is 3.60. The smallest absolute Gasteiger partial charge is 0.00650 e. The first-order chi connectivity index (χ1) is 6.20. The minimum Gasteiger partial charge on any atom is -0.327 e. The van der Waals surface area contributed by atoms with Crippen molar-refractivity contribution in [3.8, 4) is 0 Å². The van der Waals surface area contributed by atoms with E-state index < -0.39 is 0 Å². The number of aryl methyl sites for hydroxylation is 1. The summed E-state index contributed by atoms with van der Waals surface area (Å²) < 4.78 is 0. The van der Waals surface area contributed by atoms with E-state index in [1.165, 1.54) is 5.56 Å². The molecule has 0 radical (unpaired) electrons. The maximum atomic E-state index is 5.96. The predicted molar refractivity (Wildman–Crippen MR) is 57.6 cm³/mol. The Balaban J connectivity index is 2.35. The van der Waals surface area contributed by atoms with E-state index in [9.17, 15) is 0 Å². The van der Waals surface area contributed by atoms with Crippen LogP contribution in [0.4, 0.5) is 0 Å². The van der Waals surface area contributed by atoms with E-state index in [-0.39, 0.29) is 0 Å². The summed E-state index contributed by atoms with van der Waals surface area (Å²) in [6.45, 7) is 4.35. The second-order valence-electron chi connectivity index (χ2n) is 3.93. The highest BCUT2D eigenvalue weighted by Gasteiger charge is 2.06. The van der Waals surface area contributed by atoms with Crippen LogP contribution in [0.25, 0.3) is 0 Å². The van der Waals surface area contributed by atoms with Gasteiger partial charge in [0.25, 0.3) is 0 Å². The van der Waals surface area contributed by atoms with Gasteiger partial charge in [-0.1, -0.05) is 44.2 Å². The highest BCUT2D eigenvalue weighted by molar-refractivity contribution is 5.14. The van der Waals surface area contributed by atoms with Gasteiger partial charge in [-0.2, -0.15) is 0 Å². The van der Waals surface area contributed by atoms with E-state index in [0.29, 0.717) is 12.0 Å². The molecule has 0 aliphatic carbocycles. The molecular weight excluding hydrogens is 158 g/mol. The van der Waals surface area contributed by atoms with Gasteiger partial charge < -0.3 is 5.73 Å². The Labute approximate surface area is 81.0 Å². The van der Waals surface area contributed by atoms with Crippen LogP contribution in [0.15, 0.2) is 30.3 Å². The van der Waals surface area contributed by atoms with Crippen LogP contribution in [0.2, 0.25) is 0 Å². The van der Waals surface area contributed by atoms with E-state index in [4.69, 9.17) is 5.73 Å². The van der Waals surface area contributed by atoms with Gasteiger partial charge in [0, 0.05) is 6.04 Å². The average Bonchev–Trinajstić information content (AvgIpc) is 2.15. The Morgan fingerprint density at radius 2 is 1.77 bits per heavy atom. The Bertz CT molecular complexity index is 228. The molecule has 1 aromatic rings. The summed E-state index contributed by atoms with van der Waals surface area (Å²) in [7, 11) is 0. The molecule has 0 unspecified atom stereocenters. The minimum absolute atomic E-state index is 0.334. The standard InChI is InChI=1S/C12H19N/c1-10(2)12(13)9-8-11-6-4-3-5-7-11/h3-7,10,12H,8-9,13H2,1-2H3/t12-/m1/s1. The van der Waals surface area contributed by atoms with E-state index in [1.54, 1.807) is 0 Å². The lowest BCUT2D eigenvalue weighted by Gasteiger charge is -2.14. The summed E-state index contributed by atoms with van der Waals surface area (Å²) in [6.07, 6.45) is 2.18. The van der Waals surface area contributed by atoms with Gasteiger partial charge in [-0.25, -0.2) is 0 Å². The summed E-state index contributed by atoms with van der Waals surface area (Å²) in [5.74, 6) is 0.587. The Hall–Kier alpha value is -0.820. The van der Waals surface area contributed by atoms with E-state index >= 15 is 0 Å². The fourth-order valence-corrected chi connectivity index (χ4v) is 1.31. The van der Waals surface area contributed by atoms with Gasteiger partial charge in [-0.05, 0) is 24.3 Å². The van der Waals surface area contributed by atoms with Gasteiger partial charge >= 0.3 is 0 Å². The SMILES string of the molecule is CC(C)[C@H](N)CCc1ccccc1. The van der Waals surface area contributed by atoms with Crippen LogP contribution in [-0.2, 0) is 6.42 Å². The molecule has 0 bridgehead atoms. The second-order valence-corrected chi connectivity index (χ2v) is 3.93. The molecule has 1 nitrogen and oxygen atoms in total. The van der Waals surface area contributed by atoms with Gasteiger partial charge in [0.15, 0.2) is 0 Å². The van der Waals surface area contributed by atoms with Crippen molar-refractivity contribution < 1.29 is 0 Å². The highest BCUT2D eigenvalue weighted by Crippen LogP contribution is 2.08. The van der Waals surface area contributed by atoms with Crippen molar-refractivity contribution in [1.82, 2.24) is 0 Å². The van der Waals surface area contributed by atoms with E-state index in [2.05, 4.69) is 38.1 Å². The van der Waals surface area contributed by atoms with Gasteiger partial charge in [-0.3, -0.25) is 0 Å². The number of rotatable bonds is 4. The second kappa shape index (κ2) is 5.03. The van der Waals surface area contributed by atoms with Crippen molar-refractivity contribution >= 4 is 0 Å². The molecule has 0 saturated heterocycles. The molecule has 72 valence electrons. The lowest BCUT2D eigenvalue weighted by molar-refractivity contribution is 0.464. The van der Waals surface area contributed by atoms with Crippen molar-refractivity contribution in [1.29, 1.82) is 0 Å². The molecule has 0 heterocycles. The fraction of sp³-hybridized carbons (Fsp3) is 0.500. The van der Waals surface area contributed by atoms with E-state index in [0.717, 1.165) is 12.8 Å². The molecule has 1 heteroatoms. The summed E-state index contributed by atoms with van der Waals surface area (Å²) >= 11 is 0. The molecule has 0 aliphatic heterocycles. The van der Waals surface area contributed by atoms with Crippen LogP contribution in [0.3, 0.4) is 0 Å². The molecule has 0 aromatic heterocycles. The summed E-state index contributed by atoms with van der Waals surface area (Å²) in [5, 5.41) is 0. The van der Waals surface area contributed by atoms with Crippen LogP contribution < -0.4 is 5.73 Å². The highest BCUT2D eigenvalue weighted by atomic mass is 14.6. The molecular formula is C12H19N. The first kappa shape index (κ1) is 10.3. The zero-order chi connectivity index (χ0) is 9.68. The molecule has 0 fully saturated rings. The Kier molecular flexibility index (Phi) is 3.97. The van der Waals surface area contributed by atoms with Crippen molar-refractivity contribution in [2.24, 2.45) is 11.7 Å². The van der Waals surface area contributed by atoms with Crippen LogP contribution in [0, 0.1) is 5.92 Å². The maximum Gasteiger partial charge on any atom is 0.00650 e. The monoisotopic (exact) mass is 177 g/mol. The van der Waals surface area contributed by atoms with Crippen LogP contribution in [0.5, 0.6) is 0 Å². The predicted octanol–water partition coefficient (Wildman–Crippen LogP) is 2.60. The summed E-state index contributed by atoms with van der Waals surface area (Å²) in [5.41, 5.74) is 7.35. The first-order valence-electron chi connectivity index (χ1n) is 4.99. The minimum atomic E-state index is 0.334. The molecule has 0 spiro atoms. The average molecular weight is 177 g/mol. The Morgan fingerprint density at radius 1 is 1.15 bits per heavy atom. The van der Waals surface area contributed by atoms with Gasteiger partial charge in [0.1, 0.15) is 0 Å². The van der Waals surface area contributed by atoms with Crippen LogP contribution in [0.1, 0.15) is 25.8 Å². The van der Waals surface area contributed by atoms with Crippen LogP contribution in [-0.4, -0.2) is 6.04 Å². The lowest BCUT2D eigenvalue weighted by atomic mass is 9.98. The molecule has 2 N–H and O–H groups in total. The van der Waals surface area contributed by atoms with Crippen molar-refractivity contribution in [2.45, 2.75) is 32.7 Å². The first-order valence-corrected chi connectivity index (χ1v) is 4.99. The van der Waals surface area contributed by atoms with Crippen LogP contribution >= 0.6 is 0 Å². The molecule has 0 saturated carbocycles. The van der Waals surface area contributed by atoms with Crippen molar-refractivity contribution in [3.63, 3.8) is 0 Å². The van der Waals surface area contributed by atoms with E-state index in [1.807, 2.05) is 6.07 Å². The fourth-order valence-electron chi connectivity index (χ4n) is 1.31.